The molecule has 0 saturated carbocycles. The average molecular weight is 367 g/mol. The zero-order chi connectivity index (χ0) is 18.9. The first-order chi connectivity index (χ1) is 13.8. The predicted molar refractivity (Wildman–Crippen MR) is 107 cm³/mol. The molecule has 0 bridgehead atoms. The number of pyridine rings is 1. The molecule has 0 aliphatic carbocycles. The van der Waals surface area contributed by atoms with E-state index in [1.165, 1.54) is 0 Å². The monoisotopic (exact) mass is 367 g/mol. The van der Waals surface area contributed by atoms with E-state index in [2.05, 4.69) is 28.2 Å². The Balaban J connectivity index is 1.70. The zero-order valence-electron chi connectivity index (χ0n) is 15.3. The molecule has 0 fully saturated rings. The van der Waals surface area contributed by atoms with Crippen molar-refractivity contribution in [1.82, 2.24) is 24.8 Å². The van der Waals surface area contributed by atoms with Crippen LogP contribution >= 0.6 is 0 Å². The molecule has 0 aliphatic rings. The van der Waals surface area contributed by atoms with Gasteiger partial charge in [0.15, 0.2) is 11.5 Å². The molecule has 0 saturated heterocycles. The lowest BCUT2D eigenvalue weighted by molar-refractivity contribution is 0.289. The second kappa shape index (κ2) is 6.74. The highest BCUT2D eigenvalue weighted by molar-refractivity contribution is 5.99. The van der Waals surface area contributed by atoms with Gasteiger partial charge in [0, 0.05) is 22.5 Å². The molecule has 136 valence electrons. The number of hydrogen-bond acceptors (Lipinski definition) is 5. The molecule has 3 aromatic heterocycles. The quantitative estimate of drug-likeness (QED) is 0.476. The summed E-state index contributed by atoms with van der Waals surface area (Å²) < 4.78 is 7.84. The summed E-state index contributed by atoms with van der Waals surface area (Å²) >= 11 is 0. The van der Waals surface area contributed by atoms with E-state index in [0.29, 0.717) is 18.3 Å². The lowest BCUT2D eigenvalue weighted by Gasteiger charge is -2.11. The molecule has 0 amide bonds. The first-order valence-electron chi connectivity index (χ1n) is 9.04. The number of benzene rings is 2. The predicted octanol–water partition coefficient (Wildman–Crippen LogP) is 4.23. The third kappa shape index (κ3) is 2.75. The normalized spacial score (nSPS) is 11.2. The number of fused-ring (bicyclic) bond motifs is 3. The lowest BCUT2D eigenvalue weighted by atomic mass is 10.1. The first kappa shape index (κ1) is 16.4. The van der Waals surface area contributed by atoms with E-state index in [9.17, 15) is 0 Å². The lowest BCUT2D eigenvalue weighted by Crippen LogP contribution is -2.04. The molecule has 0 N–H and O–H groups in total. The Bertz CT molecular complexity index is 1270. The maximum atomic E-state index is 6.08. The Morgan fingerprint density at radius 1 is 0.893 bits per heavy atom. The molecule has 0 radical (unpaired) electrons. The van der Waals surface area contributed by atoms with Gasteiger partial charge in [0.1, 0.15) is 6.61 Å². The zero-order valence-corrected chi connectivity index (χ0v) is 15.3. The van der Waals surface area contributed by atoms with E-state index >= 15 is 0 Å². The number of ether oxygens (including phenoxy) is 1. The van der Waals surface area contributed by atoms with Gasteiger partial charge >= 0.3 is 0 Å². The third-order valence-corrected chi connectivity index (χ3v) is 4.67. The number of nitrogens with zero attached hydrogens (tertiary/aromatic N) is 5. The van der Waals surface area contributed by atoms with E-state index in [1.807, 2.05) is 60.7 Å². The van der Waals surface area contributed by atoms with E-state index in [0.717, 1.165) is 33.2 Å². The largest absolute Gasteiger partial charge is 0.470 e. The van der Waals surface area contributed by atoms with Crippen LogP contribution in [0.5, 0.6) is 5.88 Å². The van der Waals surface area contributed by atoms with Crippen molar-refractivity contribution in [3.05, 3.63) is 84.2 Å². The van der Waals surface area contributed by atoms with E-state index < -0.39 is 0 Å². The number of aromatic nitrogens is 5. The van der Waals surface area contributed by atoms with Crippen LogP contribution in [0.4, 0.5) is 0 Å². The molecular formula is C22H17N5O. The average Bonchev–Trinajstić information content (AvgIpc) is 3.17. The first-order valence-corrected chi connectivity index (χ1v) is 9.04. The van der Waals surface area contributed by atoms with Gasteiger partial charge in [-0.1, -0.05) is 48.5 Å². The molecular weight excluding hydrogens is 350 g/mol. The van der Waals surface area contributed by atoms with Crippen molar-refractivity contribution >= 4 is 16.4 Å². The minimum absolute atomic E-state index is 0.338. The fourth-order valence-corrected chi connectivity index (χ4v) is 3.32. The van der Waals surface area contributed by atoms with Crippen molar-refractivity contribution in [2.75, 3.05) is 0 Å². The van der Waals surface area contributed by atoms with E-state index in [4.69, 9.17) is 9.84 Å². The molecule has 0 unspecified atom stereocenters. The highest BCUT2D eigenvalue weighted by Crippen LogP contribution is 2.31. The number of hydrogen-bond donors (Lipinski definition) is 0. The minimum Gasteiger partial charge on any atom is -0.470 e. The van der Waals surface area contributed by atoms with Gasteiger partial charge in [-0.05, 0) is 30.7 Å². The Hall–Kier alpha value is -3.80. The Morgan fingerprint density at radius 2 is 1.75 bits per heavy atom. The summed E-state index contributed by atoms with van der Waals surface area (Å²) in [4.78, 5) is 4.32. The van der Waals surface area contributed by atoms with Crippen LogP contribution in [-0.2, 0) is 6.61 Å². The molecule has 5 aromatic rings. The highest BCUT2D eigenvalue weighted by Gasteiger charge is 2.17. The Kier molecular flexibility index (Phi) is 3.94. The van der Waals surface area contributed by atoms with Crippen LogP contribution < -0.4 is 4.74 Å². The second-order valence-electron chi connectivity index (χ2n) is 6.54. The van der Waals surface area contributed by atoms with Gasteiger partial charge in [-0.25, -0.2) is 0 Å². The number of rotatable bonds is 4. The van der Waals surface area contributed by atoms with Crippen molar-refractivity contribution in [2.24, 2.45) is 0 Å². The summed E-state index contributed by atoms with van der Waals surface area (Å²) in [7, 11) is 0. The molecule has 28 heavy (non-hydrogen) atoms. The SMILES string of the molecule is Cc1cccc2c(OCc3ccccn3)nn3c(-c4ccccc4)nnc3c12. The topological polar surface area (TPSA) is 65.2 Å². The van der Waals surface area contributed by atoms with Gasteiger partial charge in [-0.15, -0.1) is 15.3 Å². The molecule has 6 heteroatoms. The Morgan fingerprint density at radius 3 is 2.57 bits per heavy atom. The fraction of sp³-hybridized carbons (Fsp3) is 0.0909. The van der Waals surface area contributed by atoms with Crippen molar-refractivity contribution in [3.8, 4) is 17.3 Å². The third-order valence-electron chi connectivity index (χ3n) is 4.67. The highest BCUT2D eigenvalue weighted by atomic mass is 16.5. The summed E-state index contributed by atoms with van der Waals surface area (Å²) in [6, 6.07) is 21.7. The molecule has 6 nitrogen and oxygen atoms in total. The van der Waals surface area contributed by atoms with Gasteiger partial charge in [0.05, 0.1) is 5.69 Å². The summed E-state index contributed by atoms with van der Waals surface area (Å²) in [5.74, 6) is 1.22. The molecule has 0 aliphatic heterocycles. The van der Waals surface area contributed by atoms with E-state index in [1.54, 1.807) is 10.7 Å². The summed E-state index contributed by atoms with van der Waals surface area (Å²) in [6.07, 6.45) is 1.75. The van der Waals surface area contributed by atoms with Crippen LogP contribution in [0.25, 0.3) is 27.8 Å². The van der Waals surface area contributed by atoms with Crippen molar-refractivity contribution in [1.29, 1.82) is 0 Å². The summed E-state index contributed by atoms with van der Waals surface area (Å²) in [5.41, 5.74) is 3.61. The minimum atomic E-state index is 0.338. The maximum absolute atomic E-state index is 6.08. The fourth-order valence-electron chi connectivity index (χ4n) is 3.32. The van der Waals surface area contributed by atoms with Crippen LogP contribution in [0.2, 0.25) is 0 Å². The van der Waals surface area contributed by atoms with Crippen molar-refractivity contribution < 1.29 is 4.74 Å². The van der Waals surface area contributed by atoms with Gasteiger partial charge in [-0.3, -0.25) is 4.98 Å². The van der Waals surface area contributed by atoms with Crippen LogP contribution in [0.15, 0.2) is 72.9 Å². The molecule has 0 atom stereocenters. The van der Waals surface area contributed by atoms with Crippen LogP contribution in [0, 0.1) is 6.92 Å². The maximum Gasteiger partial charge on any atom is 0.240 e. The molecule has 2 aromatic carbocycles. The molecule has 3 heterocycles. The standard InChI is InChI=1S/C22H17N5O/c1-15-8-7-12-18-19(15)21-25-24-20(16-9-3-2-4-10-16)27(21)26-22(18)28-14-17-11-5-6-13-23-17/h2-13H,14H2,1H3. The smallest absolute Gasteiger partial charge is 0.240 e. The van der Waals surface area contributed by atoms with Crippen molar-refractivity contribution in [3.63, 3.8) is 0 Å². The van der Waals surface area contributed by atoms with Gasteiger partial charge in [0.25, 0.3) is 0 Å². The van der Waals surface area contributed by atoms with Crippen LogP contribution in [0.1, 0.15) is 11.3 Å². The van der Waals surface area contributed by atoms with Crippen LogP contribution in [-0.4, -0.2) is 24.8 Å². The summed E-state index contributed by atoms with van der Waals surface area (Å²) in [5, 5.41) is 15.5. The Labute approximate surface area is 161 Å². The second-order valence-corrected chi connectivity index (χ2v) is 6.54. The van der Waals surface area contributed by atoms with E-state index in [-0.39, 0.29) is 0 Å². The molecule has 5 rings (SSSR count). The van der Waals surface area contributed by atoms with Crippen molar-refractivity contribution in [2.45, 2.75) is 13.5 Å². The summed E-state index contributed by atoms with van der Waals surface area (Å²) in [6.45, 7) is 2.40. The number of aryl methyl sites for hydroxylation is 1. The van der Waals surface area contributed by atoms with Gasteiger partial charge in [-0.2, -0.15) is 4.52 Å². The molecule has 0 spiro atoms. The van der Waals surface area contributed by atoms with Gasteiger partial charge in [0.2, 0.25) is 5.88 Å². The van der Waals surface area contributed by atoms with Crippen LogP contribution in [0.3, 0.4) is 0 Å². The van der Waals surface area contributed by atoms with Gasteiger partial charge < -0.3 is 4.74 Å².